The number of ether oxygens (including phenoxy) is 3. The number of hydrogen-bond donors (Lipinski definition) is 1. The molecule has 1 spiro atoms. The van der Waals surface area contributed by atoms with Gasteiger partial charge in [0.25, 0.3) is 0 Å². The average Bonchev–Trinajstić information content (AvgIpc) is 2.63. The molecule has 2 bridgehead atoms. The van der Waals surface area contributed by atoms with Crippen LogP contribution in [0.2, 0.25) is 0 Å². The summed E-state index contributed by atoms with van der Waals surface area (Å²) in [4.78, 5) is 4.45. The molecule has 1 saturated carbocycles. The molecular formula is C15H22O5. The Balaban J connectivity index is 1.81. The molecule has 7 atom stereocenters. The molecule has 112 valence electrons. The molecule has 0 unspecified atom stereocenters. The normalized spacial score (nSPS) is 57.5. The zero-order chi connectivity index (χ0) is 14.1. The highest BCUT2D eigenvalue weighted by Gasteiger charge is 2.71. The molecule has 4 aliphatic rings. The van der Waals surface area contributed by atoms with Gasteiger partial charge in [-0.1, -0.05) is 13.5 Å². The smallest absolute Gasteiger partial charge is 0.215 e. The third kappa shape index (κ3) is 1.45. The zero-order valence-electron chi connectivity index (χ0n) is 12.0. The van der Waals surface area contributed by atoms with Gasteiger partial charge in [-0.3, -0.25) is 0 Å². The van der Waals surface area contributed by atoms with Crippen LogP contribution in [0.4, 0.5) is 0 Å². The van der Waals surface area contributed by atoms with Gasteiger partial charge in [0.2, 0.25) is 6.29 Å². The lowest BCUT2D eigenvalue weighted by molar-refractivity contribution is -0.384. The molecule has 5 nitrogen and oxygen atoms in total. The van der Waals surface area contributed by atoms with Crippen LogP contribution in [-0.4, -0.2) is 29.2 Å². The van der Waals surface area contributed by atoms with E-state index in [2.05, 4.69) is 18.4 Å². The molecule has 4 rings (SSSR count). The number of rotatable bonds is 1. The number of fused-ring (bicyclic) bond motifs is 1. The van der Waals surface area contributed by atoms with Gasteiger partial charge in [0.05, 0.1) is 0 Å². The summed E-state index contributed by atoms with van der Waals surface area (Å²) >= 11 is 0. The Labute approximate surface area is 118 Å². The van der Waals surface area contributed by atoms with Gasteiger partial charge in [0.1, 0.15) is 5.60 Å². The SMILES string of the molecule is C=C1[C@H](OO)O[C@@H]2O[C@]3(C)CC[C@H]4[C@H](C)CC[C@@H]1[C@@]24O3. The predicted octanol–water partition coefficient (Wildman–Crippen LogP) is 2.67. The first-order valence-electron chi connectivity index (χ1n) is 7.52. The Bertz CT molecular complexity index is 452. The van der Waals surface area contributed by atoms with Crippen molar-refractivity contribution in [2.75, 3.05) is 0 Å². The summed E-state index contributed by atoms with van der Waals surface area (Å²) in [7, 11) is 0. The van der Waals surface area contributed by atoms with Crippen molar-refractivity contribution in [3.63, 3.8) is 0 Å². The molecule has 1 N–H and O–H groups in total. The zero-order valence-corrected chi connectivity index (χ0v) is 12.0. The van der Waals surface area contributed by atoms with Crippen molar-refractivity contribution >= 4 is 0 Å². The van der Waals surface area contributed by atoms with Crippen molar-refractivity contribution < 1.29 is 24.4 Å². The van der Waals surface area contributed by atoms with Gasteiger partial charge in [0.15, 0.2) is 12.1 Å². The first-order valence-corrected chi connectivity index (χ1v) is 7.52. The molecule has 20 heavy (non-hydrogen) atoms. The summed E-state index contributed by atoms with van der Waals surface area (Å²) in [6.07, 6.45) is 2.81. The van der Waals surface area contributed by atoms with Crippen LogP contribution in [0.15, 0.2) is 12.2 Å². The molecule has 3 heterocycles. The first-order chi connectivity index (χ1) is 9.50. The quantitative estimate of drug-likeness (QED) is 0.455. The molecule has 0 aromatic heterocycles. The van der Waals surface area contributed by atoms with Crippen LogP contribution in [-0.2, 0) is 19.1 Å². The second kappa shape index (κ2) is 4.05. The molecule has 1 aliphatic carbocycles. The Morgan fingerprint density at radius 3 is 2.90 bits per heavy atom. The summed E-state index contributed by atoms with van der Waals surface area (Å²) in [6, 6.07) is 0. The van der Waals surface area contributed by atoms with Crippen molar-refractivity contribution in [1.82, 2.24) is 0 Å². The van der Waals surface area contributed by atoms with Gasteiger partial charge in [0, 0.05) is 12.3 Å². The van der Waals surface area contributed by atoms with Crippen molar-refractivity contribution in [2.24, 2.45) is 17.8 Å². The van der Waals surface area contributed by atoms with Crippen LogP contribution in [0.3, 0.4) is 0 Å². The maximum absolute atomic E-state index is 9.05. The second-order valence-electron chi connectivity index (χ2n) is 6.94. The molecule has 3 aliphatic heterocycles. The highest BCUT2D eigenvalue weighted by molar-refractivity contribution is 5.23. The van der Waals surface area contributed by atoms with Gasteiger partial charge < -0.3 is 14.2 Å². The lowest BCUT2D eigenvalue weighted by atomic mass is 9.58. The van der Waals surface area contributed by atoms with E-state index in [9.17, 15) is 0 Å². The fourth-order valence-corrected chi connectivity index (χ4v) is 4.91. The van der Waals surface area contributed by atoms with Crippen LogP contribution in [0.25, 0.3) is 0 Å². The maximum Gasteiger partial charge on any atom is 0.215 e. The molecule has 0 radical (unpaired) electrons. The summed E-state index contributed by atoms with van der Waals surface area (Å²) in [5.74, 6) is 0.545. The van der Waals surface area contributed by atoms with E-state index in [1.54, 1.807) is 0 Å². The molecule has 4 fully saturated rings. The summed E-state index contributed by atoms with van der Waals surface area (Å²) in [5.41, 5.74) is 0.326. The molecule has 3 saturated heterocycles. The minimum Gasteiger partial charge on any atom is -0.337 e. The third-order valence-corrected chi connectivity index (χ3v) is 5.84. The van der Waals surface area contributed by atoms with E-state index in [0.717, 1.165) is 31.3 Å². The first kappa shape index (κ1) is 13.2. The Kier molecular flexibility index (Phi) is 2.68. The van der Waals surface area contributed by atoms with E-state index in [0.29, 0.717) is 11.8 Å². The van der Waals surface area contributed by atoms with Crippen molar-refractivity contribution in [3.8, 4) is 0 Å². The highest BCUT2D eigenvalue weighted by atomic mass is 17.1. The van der Waals surface area contributed by atoms with Crippen molar-refractivity contribution in [2.45, 2.75) is 63.5 Å². The fourth-order valence-electron chi connectivity index (χ4n) is 4.91. The Morgan fingerprint density at radius 2 is 2.15 bits per heavy atom. The predicted molar refractivity (Wildman–Crippen MR) is 69.4 cm³/mol. The molecule has 0 aromatic rings. The Morgan fingerprint density at radius 1 is 1.35 bits per heavy atom. The van der Waals surface area contributed by atoms with Crippen molar-refractivity contribution in [3.05, 3.63) is 12.2 Å². The van der Waals surface area contributed by atoms with Gasteiger partial charge in [-0.15, -0.1) is 0 Å². The lowest BCUT2D eigenvalue weighted by Crippen LogP contribution is -2.64. The molecule has 0 aromatic carbocycles. The van der Waals surface area contributed by atoms with Gasteiger partial charge in [-0.2, -0.15) is 0 Å². The molecule has 5 heteroatoms. The van der Waals surface area contributed by atoms with E-state index in [4.69, 9.17) is 19.5 Å². The summed E-state index contributed by atoms with van der Waals surface area (Å²) in [6.45, 7) is 8.36. The van der Waals surface area contributed by atoms with Crippen LogP contribution >= 0.6 is 0 Å². The lowest BCUT2D eigenvalue weighted by Gasteiger charge is -2.56. The third-order valence-electron chi connectivity index (χ3n) is 5.84. The van der Waals surface area contributed by atoms with Crippen molar-refractivity contribution in [1.29, 1.82) is 0 Å². The van der Waals surface area contributed by atoms with E-state index < -0.39 is 24.0 Å². The fraction of sp³-hybridized carbons (Fsp3) is 0.867. The molecule has 0 amide bonds. The highest BCUT2D eigenvalue weighted by Crippen LogP contribution is 2.63. The summed E-state index contributed by atoms with van der Waals surface area (Å²) in [5, 5.41) is 9.05. The minimum atomic E-state index is -0.809. The maximum atomic E-state index is 9.05. The van der Waals surface area contributed by atoms with Crippen LogP contribution in [0, 0.1) is 17.8 Å². The standard InChI is InChI=1S/C15H22O5/c1-8-4-5-11-9(2)12(19-16)17-13-15(11)10(8)6-7-14(3,18-13)20-15/h8,10-13,16H,2,4-7H2,1,3H3/t8-,10+,11+,12+,13-,14+,15-/m1/s1. The second-order valence-corrected chi connectivity index (χ2v) is 6.94. The topological polar surface area (TPSA) is 57.2 Å². The van der Waals surface area contributed by atoms with Gasteiger partial charge in [-0.05, 0) is 43.6 Å². The van der Waals surface area contributed by atoms with Crippen LogP contribution in [0.1, 0.15) is 39.5 Å². The largest absolute Gasteiger partial charge is 0.337 e. The Hall–Kier alpha value is -0.460. The van der Waals surface area contributed by atoms with E-state index in [1.165, 1.54) is 0 Å². The minimum absolute atomic E-state index is 0.127. The molecular weight excluding hydrogens is 260 g/mol. The van der Waals surface area contributed by atoms with E-state index in [-0.39, 0.29) is 5.92 Å². The van der Waals surface area contributed by atoms with Gasteiger partial charge >= 0.3 is 0 Å². The van der Waals surface area contributed by atoms with Crippen LogP contribution < -0.4 is 0 Å². The van der Waals surface area contributed by atoms with Gasteiger partial charge in [-0.25, -0.2) is 10.1 Å². The average molecular weight is 282 g/mol. The van der Waals surface area contributed by atoms with Crippen LogP contribution in [0.5, 0.6) is 0 Å². The number of hydrogen-bond acceptors (Lipinski definition) is 5. The van der Waals surface area contributed by atoms with E-state index in [1.807, 2.05) is 6.92 Å². The monoisotopic (exact) mass is 282 g/mol. The summed E-state index contributed by atoms with van der Waals surface area (Å²) < 4.78 is 18.3. The van der Waals surface area contributed by atoms with E-state index >= 15 is 0 Å².